The van der Waals surface area contributed by atoms with Crippen molar-refractivity contribution < 1.29 is 5.11 Å². The van der Waals surface area contributed by atoms with E-state index in [-0.39, 0.29) is 6.73 Å². The Morgan fingerprint density at radius 1 is 1.71 bits per heavy atom. The second-order valence-corrected chi connectivity index (χ2v) is 0.920. The van der Waals surface area contributed by atoms with Gasteiger partial charge in [0, 0.05) is 0 Å². The standard InChI is InChI=1S/C2H3N4O/c7-2-6-1-3-4-5-6/h7H,2H2. The molecule has 37 valence electrons. The molecule has 0 saturated carbocycles. The van der Waals surface area contributed by atoms with Gasteiger partial charge in [-0.2, -0.15) is 4.68 Å². The van der Waals surface area contributed by atoms with Gasteiger partial charge in [0.05, 0.1) is 0 Å². The van der Waals surface area contributed by atoms with Crippen LogP contribution in [0, 0.1) is 6.33 Å². The van der Waals surface area contributed by atoms with E-state index >= 15 is 0 Å². The van der Waals surface area contributed by atoms with Gasteiger partial charge in [0.25, 0.3) is 0 Å². The molecule has 0 aliphatic rings. The van der Waals surface area contributed by atoms with Gasteiger partial charge in [-0.15, -0.1) is 5.10 Å². The number of rotatable bonds is 1. The van der Waals surface area contributed by atoms with Crippen molar-refractivity contribution in [3.8, 4) is 0 Å². The lowest BCUT2D eigenvalue weighted by Crippen LogP contribution is -1.96. The summed E-state index contributed by atoms with van der Waals surface area (Å²) in [5.74, 6) is 0. The molecule has 7 heavy (non-hydrogen) atoms. The van der Waals surface area contributed by atoms with Crippen molar-refractivity contribution in [3.63, 3.8) is 0 Å². The minimum Gasteiger partial charge on any atom is -0.374 e. The molecule has 1 aromatic heterocycles. The van der Waals surface area contributed by atoms with Crippen LogP contribution < -0.4 is 0 Å². The van der Waals surface area contributed by atoms with Crippen LogP contribution >= 0.6 is 0 Å². The predicted molar refractivity (Wildman–Crippen MR) is 18.9 cm³/mol. The lowest BCUT2D eigenvalue weighted by molar-refractivity contribution is 0.191. The number of aromatic nitrogens is 4. The highest BCUT2D eigenvalue weighted by molar-refractivity contribution is 4.33. The lowest BCUT2D eigenvalue weighted by Gasteiger charge is -1.81. The van der Waals surface area contributed by atoms with Gasteiger partial charge >= 0.3 is 0 Å². The highest BCUT2D eigenvalue weighted by Gasteiger charge is 1.83. The second kappa shape index (κ2) is 1.65. The number of hydrogen-bond acceptors (Lipinski definition) is 4. The van der Waals surface area contributed by atoms with Gasteiger partial charge in [-0.05, 0) is 10.4 Å². The molecule has 0 aliphatic heterocycles. The van der Waals surface area contributed by atoms with Gasteiger partial charge in [0.2, 0.25) is 6.33 Å². The fraction of sp³-hybridized carbons (Fsp3) is 0.500. The fourth-order valence-corrected chi connectivity index (χ4v) is 0.220. The van der Waals surface area contributed by atoms with Crippen molar-refractivity contribution >= 4 is 0 Å². The van der Waals surface area contributed by atoms with Crippen molar-refractivity contribution in [1.82, 2.24) is 20.2 Å². The molecule has 1 rings (SSSR count). The van der Waals surface area contributed by atoms with Crippen LogP contribution in [0.1, 0.15) is 0 Å². The molecule has 0 spiro atoms. The summed E-state index contributed by atoms with van der Waals surface area (Å²) in [5.41, 5.74) is 0. The van der Waals surface area contributed by atoms with Crippen molar-refractivity contribution in [3.05, 3.63) is 6.33 Å². The normalized spacial score (nSPS) is 9.29. The molecule has 0 bridgehead atoms. The van der Waals surface area contributed by atoms with E-state index in [4.69, 9.17) is 5.11 Å². The Morgan fingerprint density at radius 3 is 2.86 bits per heavy atom. The zero-order chi connectivity index (χ0) is 5.11. The predicted octanol–water partition coefficient (Wildman–Crippen LogP) is -1.58. The van der Waals surface area contributed by atoms with Crippen molar-refractivity contribution in [2.45, 2.75) is 6.73 Å². The van der Waals surface area contributed by atoms with Crippen LogP contribution in [-0.2, 0) is 6.73 Å². The SMILES string of the molecule is OCn1[c]nnn1. The summed E-state index contributed by atoms with van der Waals surface area (Å²) in [4.78, 5) is 0. The maximum absolute atomic E-state index is 8.22. The van der Waals surface area contributed by atoms with E-state index in [0.717, 1.165) is 4.68 Å². The fourth-order valence-electron chi connectivity index (χ4n) is 0.220. The summed E-state index contributed by atoms with van der Waals surface area (Å²) in [5, 5.41) is 17.9. The number of hydrogen-bond donors (Lipinski definition) is 1. The highest BCUT2D eigenvalue weighted by atomic mass is 16.3. The second-order valence-electron chi connectivity index (χ2n) is 0.920. The number of aliphatic hydroxyl groups is 1. The molecule has 5 heteroatoms. The van der Waals surface area contributed by atoms with Crippen LogP contribution in [0.3, 0.4) is 0 Å². The first kappa shape index (κ1) is 4.20. The molecule has 1 radical (unpaired) electrons. The Hall–Kier alpha value is -0.970. The molecule has 0 aromatic carbocycles. The first-order chi connectivity index (χ1) is 3.43. The van der Waals surface area contributed by atoms with Crippen LogP contribution in [0.15, 0.2) is 0 Å². The van der Waals surface area contributed by atoms with E-state index in [2.05, 4.69) is 21.9 Å². The maximum atomic E-state index is 8.22. The largest absolute Gasteiger partial charge is 0.374 e. The average Bonchev–Trinajstić information content (AvgIpc) is 2.14. The number of tetrazole rings is 1. The minimum absolute atomic E-state index is 0.215. The van der Waals surface area contributed by atoms with E-state index in [9.17, 15) is 0 Å². The molecule has 1 aromatic rings. The number of nitrogens with zero attached hydrogens (tertiary/aromatic N) is 4. The van der Waals surface area contributed by atoms with Crippen LogP contribution in [0.2, 0.25) is 0 Å². The van der Waals surface area contributed by atoms with E-state index in [0.29, 0.717) is 0 Å². The van der Waals surface area contributed by atoms with Gasteiger partial charge in [-0.25, -0.2) is 0 Å². The van der Waals surface area contributed by atoms with E-state index in [1.807, 2.05) is 0 Å². The molecule has 0 saturated heterocycles. The molecular weight excluding hydrogens is 96.0 g/mol. The summed E-state index contributed by atoms with van der Waals surface area (Å²) >= 11 is 0. The molecule has 0 fully saturated rings. The van der Waals surface area contributed by atoms with Gasteiger partial charge in [-0.3, -0.25) is 0 Å². The Balaban J connectivity index is 2.76. The van der Waals surface area contributed by atoms with E-state index in [1.54, 1.807) is 0 Å². The monoisotopic (exact) mass is 99.0 g/mol. The Morgan fingerprint density at radius 2 is 2.57 bits per heavy atom. The third-order valence-electron chi connectivity index (χ3n) is 0.487. The molecule has 0 aliphatic carbocycles. The third kappa shape index (κ3) is 0.716. The maximum Gasteiger partial charge on any atom is 0.223 e. The lowest BCUT2D eigenvalue weighted by atomic mass is 11.2. The van der Waals surface area contributed by atoms with Crippen LogP contribution in [0.25, 0.3) is 0 Å². The van der Waals surface area contributed by atoms with Crippen molar-refractivity contribution in [1.29, 1.82) is 0 Å². The minimum atomic E-state index is -0.215. The van der Waals surface area contributed by atoms with E-state index < -0.39 is 0 Å². The van der Waals surface area contributed by atoms with Gasteiger partial charge in [0.1, 0.15) is 6.73 Å². The molecule has 0 atom stereocenters. The Bertz CT molecular complexity index is 124. The quantitative estimate of drug-likeness (QED) is 0.461. The molecular formula is C2H3N4O. The summed E-state index contributed by atoms with van der Waals surface area (Å²) in [7, 11) is 0. The van der Waals surface area contributed by atoms with Crippen LogP contribution in [0.5, 0.6) is 0 Å². The molecule has 1 heterocycles. The third-order valence-corrected chi connectivity index (χ3v) is 0.487. The van der Waals surface area contributed by atoms with Crippen LogP contribution in [0.4, 0.5) is 0 Å². The van der Waals surface area contributed by atoms with Gasteiger partial charge in [0.15, 0.2) is 0 Å². The first-order valence-electron chi connectivity index (χ1n) is 1.68. The summed E-state index contributed by atoms with van der Waals surface area (Å²) < 4.78 is 1.08. The Labute approximate surface area is 39.6 Å². The smallest absolute Gasteiger partial charge is 0.223 e. The summed E-state index contributed by atoms with van der Waals surface area (Å²) in [6, 6.07) is 0. The van der Waals surface area contributed by atoms with Gasteiger partial charge < -0.3 is 5.11 Å². The topological polar surface area (TPSA) is 63.8 Å². The van der Waals surface area contributed by atoms with E-state index in [1.165, 1.54) is 0 Å². The summed E-state index contributed by atoms with van der Waals surface area (Å²) in [6.07, 6.45) is 2.28. The summed E-state index contributed by atoms with van der Waals surface area (Å²) in [6.45, 7) is -0.215. The highest BCUT2D eigenvalue weighted by Crippen LogP contribution is 1.66. The van der Waals surface area contributed by atoms with Crippen LogP contribution in [-0.4, -0.2) is 25.3 Å². The van der Waals surface area contributed by atoms with Gasteiger partial charge in [-0.1, -0.05) is 0 Å². The molecule has 0 unspecified atom stereocenters. The molecule has 1 N–H and O–H groups in total. The number of aliphatic hydroxyl groups excluding tert-OH is 1. The zero-order valence-electron chi connectivity index (χ0n) is 3.44. The zero-order valence-corrected chi connectivity index (χ0v) is 3.44. The molecule has 0 amide bonds. The Kier molecular flexibility index (Phi) is 0.991. The van der Waals surface area contributed by atoms with Crippen molar-refractivity contribution in [2.75, 3.05) is 0 Å². The molecule has 5 nitrogen and oxygen atoms in total. The first-order valence-corrected chi connectivity index (χ1v) is 1.68. The van der Waals surface area contributed by atoms with Crippen molar-refractivity contribution in [2.24, 2.45) is 0 Å². The average molecular weight is 99.1 g/mol.